The third-order valence-electron chi connectivity index (χ3n) is 2.20. The minimum Gasteiger partial charge on any atom is -0.399 e. The molecule has 16 heavy (non-hydrogen) atoms. The van der Waals surface area contributed by atoms with Gasteiger partial charge in [-0.3, -0.25) is 4.79 Å². The summed E-state index contributed by atoms with van der Waals surface area (Å²) in [6.07, 6.45) is 0. The highest BCUT2D eigenvalue weighted by molar-refractivity contribution is 6.31. The summed E-state index contributed by atoms with van der Waals surface area (Å²) >= 11 is 5.77. The first kappa shape index (κ1) is 10.7. The van der Waals surface area contributed by atoms with E-state index in [4.69, 9.17) is 17.3 Å². The Hall–Kier alpha value is -1.80. The zero-order valence-corrected chi connectivity index (χ0v) is 9.16. The molecule has 0 aliphatic rings. The number of rotatable bonds is 2. The molecule has 1 radical (unpaired) electrons. The molecule has 0 aromatic heterocycles. The van der Waals surface area contributed by atoms with E-state index in [0.717, 1.165) is 0 Å². The van der Waals surface area contributed by atoms with Crippen LogP contribution >= 0.6 is 11.6 Å². The second-order valence-corrected chi connectivity index (χ2v) is 3.78. The summed E-state index contributed by atoms with van der Waals surface area (Å²) in [4.78, 5) is 12.0. The number of benzene rings is 2. The Kier molecular flexibility index (Phi) is 2.93. The van der Waals surface area contributed by atoms with Crippen LogP contribution in [0.4, 0.5) is 5.69 Å². The average molecular weight is 231 g/mol. The van der Waals surface area contributed by atoms with Gasteiger partial charge in [-0.05, 0) is 30.3 Å². The summed E-state index contributed by atoms with van der Waals surface area (Å²) in [5, 5.41) is 0.432. The Morgan fingerprint density at radius 1 is 1.12 bits per heavy atom. The number of ketones is 1. The lowest BCUT2D eigenvalue weighted by molar-refractivity contribution is 0.103. The van der Waals surface area contributed by atoms with E-state index in [1.807, 2.05) is 0 Å². The number of carbonyl (C=O) groups excluding carboxylic acids is 1. The maximum absolute atomic E-state index is 12.0. The zero-order chi connectivity index (χ0) is 11.5. The van der Waals surface area contributed by atoms with Crippen LogP contribution in [0.15, 0.2) is 42.5 Å². The fourth-order valence-corrected chi connectivity index (χ4v) is 1.56. The molecule has 0 unspecified atom stereocenters. The van der Waals surface area contributed by atoms with Crippen molar-refractivity contribution in [3.8, 4) is 0 Å². The molecule has 2 aromatic carbocycles. The molecule has 2 N–H and O–H groups in total. The number of hydrogen-bond donors (Lipinski definition) is 1. The minimum absolute atomic E-state index is 0.0732. The predicted octanol–water partition coefficient (Wildman–Crippen LogP) is 2.95. The molecule has 2 nitrogen and oxygen atoms in total. The number of nitrogens with two attached hydrogens (primary N) is 1. The zero-order valence-electron chi connectivity index (χ0n) is 8.41. The van der Waals surface area contributed by atoms with Gasteiger partial charge in [0.05, 0.1) is 0 Å². The Bertz CT molecular complexity index is 520. The third-order valence-corrected chi connectivity index (χ3v) is 2.42. The van der Waals surface area contributed by atoms with Gasteiger partial charge >= 0.3 is 0 Å². The van der Waals surface area contributed by atoms with E-state index in [0.29, 0.717) is 21.8 Å². The van der Waals surface area contributed by atoms with E-state index in [2.05, 4.69) is 6.07 Å². The second kappa shape index (κ2) is 4.37. The van der Waals surface area contributed by atoms with E-state index in [1.165, 1.54) is 0 Å². The largest absolute Gasteiger partial charge is 0.399 e. The lowest BCUT2D eigenvalue weighted by atomic mass is 10.0. The maximum Gasteiger partial charge on any atom is 0.193 e. The van der Waals surface area contributed by atoms with Crippen molar-refractivity contribution in [3.63, 3.8) is 0 Å². The summed E-state index contributed by atoms with van der Waals surface area (Å²) in [7, 11) is 0. The molecule has 79 valence electrons. The molecule has 0 fully saturated rings. The number of anilines is 1. The molecule has 0 heterocycles. The summed E-state index contributed by atoms with van der Waals surface area (Å²) in [6.45, 7) is 0. The molecule has 0 aliphatic heterocycles. The predicted molar refractivity (Wildman–Crippen MR) is 64.6 cm³/mol. The van der Waals surface area contributed by atoms with Crippen LogP contribution in [0.25, 0.3) is 0 Å². The van der Waals surface area contributed by atoms with Gasteiger partial charge in [-0.2, -0.15) is 0 Å². The molecule has 0 bridgehead atoms. The van der Waals surface area contributed by atoms with Crippen LogP contribution in [-0.4, -0.2) is 5.78 Å². The molecule has 0 aliphatic carbocycles. The quantitative estimate of drug-likeness (QED) is 0.637. The van der Waals surface area contributed by atoms with Gasteiger partial charge in [0.1, 0.15) is 0 Å². The summed E-state index contributed by atoms with van der Waals surface area (Å²) in [5.41, 5.74) is 7.33. The van der Waals surface area contributed by atoms with Crippen molar-refractivity contribution in [2.75, 3.05) is 5.73 Å². The van der Waals surface area contributed by atoms with Gasteiger partial charge in [-0.25, -0.2) is 0 Å². The van der Waals surface area contributed by atoms with Crippen LogP contribution in [-0.2, 0) is 0 Å². The molecule has 0 saturated heterocycles. The van der Waals surface area contributed by atoms with Gasteiger partial charge in [0, 0.05) is 27.9 Å². The summed E-state index contributed by atoms with van der Waals surface area (Å²) in [5.74, 6) is -0.0732. The van der Waals surface area contributed by atoms with E-state index >= 15 is 0 Å². The number of carbonyl (C=O) groups is 1. The molecular formula is C13H9ClNO. The molecule has 0 atom stereocenters. The van der Waals surface area contributed by atoms with E-state index < -0.39 is 0 Å². The molecule has 3 heteroatoms. The Morgan fingerprint density at radius 3 is 2.44 bits per heavy atom. The Morgan fingerprint density at radius 2 is 1.81 bits per heavy atom. The van der Waals surface area contributed by atoms with Crippen LogP contribution in [0.2, 0.25) is 5.02 Å². The number of halogens is 1. The third kappa shape index (κ3) is 2.23. The highest BCUT2D eigenvalue weighted by Gasteiger charge is 2.08. The van der Waals surface area contributed by atoms with Crippen LogP contribution in [0, 0.1) is 6.07 Å². The molecular weight excluding hydrogens is 222 g/mol. The Balaban J connectivity index is 2.35. The Labute approximate surface area is 98.7 Å². The lowest BCUT2D eigenvalue weighted by Crippen LogP contribution is -2.01. The lowest BCUT2D eigenvalue weighted by Gasteiger charge is -2.01. The first-order valence-electron chi connectivity index (χ1n) is 4.74. The van der Waals surface area contributed by atoms with Crippen molar-refractivity contribution in [2.24, 2.45) is 0 Å². The topological polar surface area (TPSA) is 43.1 Å². The highest BCUT2D eigenvalue weighted by Crippen LogP contribution is 2.15. The standard InChI is InChI=1S/C13H9ClNO/c14-11-3-1-2-10(8-11)13(16)9-4-6-12(15)7-5-9/h1-2,4-8H,15H2. The van der Waals surface area contributed by atoms with Crippen molar-refractivity contribution >= 4 is 23.1 Å². The first-order chi connectivity index (χ1) is 7.66. The van der Waals surface area contributed by atoms with Crippen molar-refractivity contribution < 1.29 is 4.79 Å². The molecule has 0 amide bonds. The van der Waals surface area contributed by atoms with Crippen molar-refractivity contribution in [1.82, 2.24) is 0 Å². The van der Waals surface area contributed by atoms with Crippen molar-refractivity contribution in [1.29, 1.82) is 0 Å². The van der Waals surface area contributed by atoms with Crippen molar-refractivity contribution in [3.05, 3.63) is 64.7 Å². The van der Waals surface area contributed by atoms with E-state index in [9.17, 15) is 4.79 Å². The molecule has 2 rings (SSSR count). The van der Waals surface area contributed by atoms with Gasteiger partial charge in [0.2, 0.25) is 0 Å². The molecule has 0 saturated carbocycles. The first-order valence-corrected chi connectivity index (χ1v) is 5.12. The molecule has 2 aromatic rings. The van der Waals surface area contributed by atoms with E-state index in [1.54, 1.807) is 42.5 Å². The van der Waals surface area contributed by atoms with Crippen LogP contribution < -0.4 is 5.73 Å². The van der Waals surface area contributed by atoms with Gasteiger partial charge in [-0.1, -0.05) is 23.7 Å². The summed E-state index contributed by atoms with van der Waals surface area (Å²) in [6, 6.07) is 14.5. The number of nitrogen functional groups attached to an aromatic ring is 1. The van der Waals surface area contributed by atoms with Gasteiger partial charge in [0.15, 0.2) is 5.78 Å². The maximum atomic E-state index is 12.0. The van der Waals surface area contributed by atoms with Gasteiger partial charge in [-0.15, -0.1) is 0 Å². The van der Waals surface area contributed by atoms with Crippen LogP contribution in [0.1, 0.15) is 15.9 Å². The molecule has 0 spiro atoms. The van der Waals surface area contributed by atoms with Crippen molar-refractivity contribution in [2.45, 2.75) is 0 Å². The normalized spacial score (nSPS) is 10.1. The minimum atomic E-state index is -0.0732. The average Bonchev–Trinajstić information content (AvgIpc) is 2.29. The van der Waals surface area contributed by atoms with Crippen LogP contribution in [0.5, 0.6) is 0 Å². The van der Waals surface area contributed by atoms with Gasteiger partial charge < -0.3 is 5.73 Å². The highest BCUT2D eigenvalue weighted by atomic mass is 35.5. The smallest absolute Gasteiger partial charge is 0.193 e. The SMILES string of the molecule is Nc1ccc(C(=O)c2cc[c]c(Cl)c2)cc1. The number of hydrogen-bond acceptors (Lipinski definition) is 2. The van der Waals surface area contributed by atoms with Gasteiger partial charge in [0.25, 0.3) is 0 Å². The monoisotopic (exact) mass is 230 g/mol. The second-order valence-electron chi connectivity index (χ2n) is 3.38. The fraction of sp³-hybridized carbons (Fsp3) is 0. The fourth-order valence-electron chi connectivity index (χ4n) is 1.38. The van der Waals surface area contributed by atoms with Crippen LogP contribution in [0.3, 0.4) is 0 Å². The summed E-state index contributed by atoms with van der Waals surface area (Å²) < 4.78 is 0. The van der Waals surface area contributed by atoms with E-state index in [-0.39, 0.29) is 5.78 Å².